The van der Waals surface area contributed by atoms with Crippen molar-refractivity contribution in [2.75, 3.05) is 18.1 Å². The standard InChI is InChI=1S/C19H14BrF3N4O3S/c1-30-11-27(31(28,29)17-9-12(21)5-6-15(17)22)16-4-2-3-13(18(16)23)19-14(20)10-26(25-19)8-7-24/h2-6,9-10H,8,11H2,1H3. The number of aromatic nitrogens is 2. The summed E-state index contributed by atoms with van der Waals surface area (Å²) in [5.74, 6) is -3.15. The zero-order valence-electron chi connectivity index (χ0n) is 15.9. The minimum absolute atomic E-state index is 0.0721. The molecule has 2 aromatic carbocycles. The maximum absolute atomic E-state index is 15.5. The van der Waals surface area contributed by atoms with Gasteiger partial charge in [-0.2, -0.15) is 10.4 Å². The lowest BCUT2D eigenvalue weighted by molar-refractivity contribution is 0.209. The highest BCUT2D eigenvalue weighted by Gasteiger charge is 2.31. The first-order valence-corrected chi connectivity index (χ1v) is 10.8. The molecular weight excluding hydrogens is 501 g/mol. The molecule has 0 radical (unpaired) electrons. The number of anilines is 1. The maximum Gasteiger partial charge on any atom is 0.269 e. The van der Waals surface area contributed by atoms with Crippen molar-refractivity contribution in [1.29, 1.82) is 5.26 Å². The molecule has 0 aliphatic rings. The highest BCUT2D eigenvalue weighted by molar-refractivity contribution is 9.10. The molecule has 0 unspecified atom stereocenters. The van der Waals surface area contributed by atoms with Crippen molar-refractivity contribution in [3.8, 4) is 17.3 Å². The zero-order valence-corrected chi connectivity index (χ0v) is 18.3. The Labute approximate surface area is 184 Å². The third-order valence-corrected chi connectivity index (χ3v) is 6.49. The van der Waals surface area contributed by atoms with Crippen molar-refractivity contribution in [3.63, 3.8) is 0 Å². The molecule has 0 atom stereocenters. The van der Waals surface area contributed by atoms with Gasteiger partial charge in [-0.3, -0.25) is 4.68 Å². The number of benzene rings is 2. The van der Waals surface area contributed by atoms with Gasteiger partial charge in [-0.25, -0.2) is 25.9 Å². The van der Waals surface area contributed by atoms with Crippen LogP contribution in [-0.2, 0) is 21.3 Å². The first-order chi connectivity index (χ1) is 14.7. The lowest BCUT2D eigenvalue weighted by atomic mass is 10.1. The summed E-state index contributed by atoms with van der Waals surface area (Å²) in [6, 6.07) is 7.75. The van der Waals surface area contributed by atoms with Gasteiger partial charge < -0.3 is 4.74 Å². The normalized spacial score (nSPS) is 11.4. The van der Waals surface area contributed by atoms with Gasteiger partial charge in [0.1, 0.15) is 35.5 Å². The summed E-state index contributed by atoms with van der Waals surface area (Å²) in [6.45, 7) is -0.744. The summed E-state index contributed by atoms with van der Waals surface area (Å²) in [5.41, 5.74) is -0.400. The molecule has 7 nitrogen and oxygen atoms in total. The van der Waals surface area contributed by atoms with E-state index in [2.05, 4.69) is 21.0 Å². The fourth-order valence-corrected chi connectivity index (χ4v) is 4.79. The molecular formula is C19H14BrF3N4O3S. The van der Waals surface area contributed by atoms with Gasteiger partial charge in [-0.1, -0.05) is 6.07 Å². The number of ether oxygens (including phenoxy) is 1. The highest BCUT2D eigenvalue weighted by Crippen LogP contribution is 2.35. The SMILES string of the molecule is COCN(c1cccc(-c2nn(CC#N)cc2Br)c1F)S(=O)(=O)c1cc(F)ccc1F. The van der Waals surface area contributed by atoms with E-state index in [1.165, 1.54) is 30.1 Å². The van der Waals surface area contributed by atoms with Gasteiger partial charge in [-0.15, -0.1) is 0 Å². The quantitative estimate of drug-likeness (QED) is 0.443. The van der Waals surface area contributed by atoms with E-state index < -0.39 is 44.8 Å². The molecule has 0 N–H and O–H groups in total. The number of halogens is 4. The Morgan fingerprint density at radius 3 is 2.68 bits per heavy atom. The molecule has 0 saturated heterocycles. The first-order valence-electron chi connectivity index (χ1n) is 8.56. The fraction of sp³-hybridized carbons (Fsp3) is 0.158. The molecule has 0 bridgehead atoms. The summed E-state index contributed by atoms with van der Waals surface area (Å²) in [4.78, 5) is -0.964. The number of nitriles is 1. The van der Waals surface area contributed by atoms with E-state index >= 15 is 4.39 Å². The first kappa shape index (κ1) is 22.8. The summed E-state index contributed by atoms with van der Waals surface area (Å²) in [7, 11) is -3.56. The number of hydrogen-bond acceptors (Lipinski definition) is 5. The lowest BCUT2D eigenvalue weighted by Gasteiger charge is -2.24. The number of hydrogen-bond donors (Lipinski definition) is 0. The van der Waals surface area contributed by atoms with Gasteiger partial charge in [0.15, 0.2) is 5.82 Å². The molecule has 162 valence electrons. The summed E-state index contributed by atoms with van der Waals surface area (Å²) >= 11 is 3.24. The summed E-state index contributed by atoms with van der Waals surface area (Å²) in [6.07, 6.45) is 1.47. The smallest absolute Gasteiger partial charge is 0.269 e. The molecule has 0 amide bonds. The van der Waals surface area contributed by atoms with Crippen molar-refractivity contribution in [2.24, 2.45) is 0 Å². The van der Waals surface area contributed by atoms with Crippen LogP contribution in [0.4, 0.5) is 18.9 Å². The second kappa shape index (κ2) is 9.09. The van der Waals surface area contributed by atoms with Crippen LogP contribution >= 0.6 is 15.9 Å². The number of nitrogens with zero attached hydrogens (tertiary/aromatic N) is 4. The minimum atomic E-state index is -4.73. The molecule has 0 aliphatic heterocycles. The Balaban J connectivity index is 2.16. The van der Waals surface area contributed by atoms with Crippen molar-refractivity contribution in [3.05, 3.63) is 64.5 Å². The second-order valence-electron chi connectivity index (χ2n) is 6.17. The number of sulfonamides is 1. The van der Waals surface area contributed by atoms with Crippen LogP contribution in [-0.4, -0.2) is 32.0 Å². The van der Waals surface area contributed by atoms with E-state index in [1.54, 1.807) is 0 Å². The Kier molecular flexibility index (Phi) is 6.68. The molecule has 1 aromatic heterocycles. The van der Waals surface area contributed by atoms with Crippen molar-refractivity contribution < 1.29 is 26.3 Å². The third kappa shape index (κ3) is 4.43. The van der Waals surface area contributed by atoms with Gasteiger partial charge in [-0.05, 0) is 46.3 Å². The van der Waals surface area contributed by atoms with Crippen molar-refractivity contribution >= 4 is 31.6 Å². The fourth-order valence-electron chi connectivity index (χ4n) is 2.81. The van der Waals surface area contributed by atoms with Crippen LogP contribution in [0.5, 0.6) is 0 Å². The van der Waals surface area contributed by atoms with E-state index in [1.807, 2.05) is 6.07 Å². The van der Waals surface area contributed by atoms with Crippen LogP contribution < -0.4 is 4.31 Å². The Bertz CT molecular complexity index is 1270. The minimum Gasteiger partial charge on any atom is -0.363 e. The summed E-state index contributed by atoms with van der Waals surface area (Å²) in [5, 5.41) is 12.9. The maximum atomic E-state index is 15.5. The van der Waals surface area contributed by atoms with Crippen LogP contribution in [0.3, 0.4) is 0 Å². The van der Waals surface area contributed by atoms with E-state index in [4.69, 9.17) is 10.00 Å². The highest BCUT2D eigenvalue weighted by atomic mass is 79.9. The molecule has 0 saturated carbocycles. The molecule has 0 fully saturated rings. The average molecular weight is 515 g/mol. The van der Waals surface area contributed by atoms with Gasteiger partial charge in [0, 0.05) is 18.9 Å². The van der Waals surface area contributed by atoms with Gasteiger partial charge in [0.2, 0.25) is 0 Å². The Morgan fingerprint density at radius 1 is 1.26 bits per heavy atom. The van der Waals surface area contributed by atoms with Crippen LogP contribution in [0, 0.1) is 28.8 Å². The van der Waals surface area contributed by atoms with Crippen LogP contribution in [0.1, 0.15) is 0 Å². The van der Waals surface area contributed by atoms with E-state index in [0.717, 1.165) is 12.1 Å². The monoisotopic (exact) mass is 514 g/mol. The average Bonchev–Trinajstić information content (AvgIpc) is 3.08. The van der Waals surface area contributed by atoms with Crippen molar-refractivity contribution in [1.82, 2.24) is 9.78 Å². The topological polar surface area (TPSA) is 88.2 Å². The largest absolute Gasteiger partial charge is 0.363 e. The van der Waals surface area contributed by atoms with Gasteiger partial charge in [0.05, 0.1) is 16.2 Å². The predicted octanol–water partition coefficient (Wildman–Crippen LogP) is 4.05. The van der Waals surface area contributed by atoms with E-state index in [9.17, 15) is 17.2 Å². The molecule has 3 aromatic rings. The third-order valence-electron chi connectivity index (χ3n) is 4.16. The second-order valence-corrected chi connectivity index (χ2v) is 8.85. The lowest BCUT2D eigenvalue weighted by Crippen LogP contribution is -2.34. The number of rotatable bonds is 7. The van der Waals surface area contributed by atoms with Crippen LogP contribution in [0.25, 0.3) is 11.3 Å². The molecule has 12 heteroatoms. The molecule has 3 rings (SSSR count). The van der Waals surface area contributed by atoms with Crippen LogP contribution in [0.15, 0.2) is 52.0 Å². The van der Waals surface area contributed by atoms with Crippen molar-refractivity contribution in [2.45, 2.75) is 11.4 Å². The van der Waals surface area contributed by atoms with E-state index in [0.29, 0.717) is 20.9 Å². The molecule has 31 heavy (non-hydrogen) atoms. The van der Waals surface area contributed by atoms with E-state index in [-0.39, 0.29) is 17.8 Å². The molecule has 0 aliphatic carbocycles. The molecule has 1 heterocycles. The summed E-state index contributed by atoms with van der Waals surface area (Å²) < 4.78 is 76.4. The predicted molar refractivity (Wildman–Crippen MR) is 109 cm³/mol. The Hall–Kier alpha value is -2.88. The van der Waals surface area contributed by atoms with Gasteiger partial charge >= 0.3 is 0 Å². The van der Waals surface area contributed by atoms with Gasteiger partial charge in [0.25, 0.3) is 10.0 Å². The Morgan fingerprint density at radius 2 is 2.00 bits per heavy atom. The number of methoxy groups -OCH3 is 1. The van der Waals surface area contributed by atoms with Crippen LogP contribution in [0.2, 0.25) is 0 Å². The molecule has 0 spiro atoms. The zero-order chi connectivity index (χ0) is 22.8.